The van der Waals surface area contributed by atoms with E-state index in [1.165, 1.54) is 9.78 Å². The topological polar surface area (TPSA) is 98.7 Å². The lowest BCUT2D eigenvalue weighted by molar-refractivity contribution is -0.130. The molecule has 0 radical (unpaired) electrons. The number of halogens is 1. The Balaban J connectivity index is 0.00000420. The van der Waals surface area contributed by atoms with Crippen molar-refractivity contribution in [2.75, 3.05) is 26.2 Å². The number of guanidine groups is 1. The summed E-state index contributed by atoms with van der Waals surface area (Å²) in [7, 11) is 0. The summed E-state index contributed by atoms with van der Waals surface area (Å²) in [6, 6.07) is -0.308. The molecule has 29 heavy (non-hydrogen) atoms. The number of nitrogens with one attached hydrogen (secondary N) is 3. The molecular weight excluding hydrogens is 503 g/mol. The van der Waals surface area contributed by atoms with Crippen molar-refractivity contribution in [2.45, 2.75) is 59.4 Å². The summed E-state index contributed by atoms with van der Waals surface area (Å²) in [6.45, 7) is 12.2. The van der Waals surface area contributed by atoms with Gasteiger partial charge in [-0.2, -0.15) is 0 Å². The van der Waals surface area contributed by atoms with Crippen LogP contribution in [0.2, 0.25) is 0 Å². The number of thiazole rings is 1. The lowest BCUT2D eigenvalue weighted by Gasteiger charge is -2.19. The van der Waals surface area contributed by atoms with Crippen molar-refractivity contribution < 1.29 is 9.59 Å². The Kier molecular flexibility index (Phi) is 10.3. The minimum atomic E-state index is -0.774. The van der Waals surface area contributed by atoms with Gasteiger partial charge in [-0.15, -0.1) is 35.3 Å². The van der Waals surface area contributed by atoms with Crippen molar-refractivity contribution in [3.05, 3.63) is 15.6 Å². The molecule has 0 aliphatic carbocycles. The maximum Gasteiger partial charge on any atom is 0.325 e. The lowest BCUT2D eigenvalue weighted by Crippen LogP contribution is -2.43. The number of hydrogen-bond donors (Lipinski definition) is 3. The zero-order chi connectivity index (χ0) is 20.7. The third kappa shape index (κ3) is 6.80. The molecular formula is C19H33IN6O2S. The van der Waals surface area contributed by atoms with E-state index in [2.05, 4.69) is 32.9 Å². The highest BCUT2D eigenvalue weighted by molar-refractivity contribution is 14.0. The van der Waals surface area contributed by atoms with Crippen LogP contribution < -0.4 is 16.0 Å². The van der Waals surface area contributed by atoms with Crippen LogP contribution in [0.3, 0.4) is 0 Å². The van der Waals surface area contributed by atoms with Crippen LogP contribution in [0.5, 0.6) is 0 Å². The van der Waals surface area contributed by atoms with Crippen LogP contribution in [0.4, 0.5) is 4.79 Å². The molecule has 1 aromatic heterocycles. The predicted molar refractivity (Wildman–Crippen MR) is 128 cm³/mol. The van der Waals surface area contributed by atoms with Crippen LogP contribution in [0, 0.1) is 13.8 Å². The molecule has 2 rings (SSSR count). The van der Waals surface area contributed by atoms with Crippen LogP contribution >= 0.6 is 35.3 Å². The molecule has 0 bridgehead atoms. The summed E-state index contributed by atoms with van der Waals surface area (Å²) in [5.41, 5.74) is 0.323. The van der Waals surface area contributed by atoms with E-state index < -0.39 is 5.54 Å². The second-order valence-electron chi connectivity index (χ2n) is 7.11. The van der Waals surface area contributed by atoms with Crippen molar-refractivity contribution in [1.82, 2.24) is 25.8 Å². The highest BCUT2D eigenvalue weighted by Crippen LogP contribution is 2.20. The summed E-state index contributed by atoms with van der Waals surface area (Å²) in [5.74, 6) is 0.589. The van der Waals surface area contributed by atoms with Gasteiger partial charge in [-0.3, -0.25) is 14.7 Å². The third-order valence-corrected chi connectivity index (χ3v) is 6.04. The number of urea groups is 1. The molecule has 2 heterocycles. The largest absolute Gasteiger partial charge is 0.357 e. The first-order chi connectivity index (χ1) is 13.3. The van der Waals surface area contributed by atoms with Crippen LogP contribution in [0.15, 0.2) is 4.99 Å². The van der Waals surface area contributed by atoms with Gasteiger partial charge < -0.3 is 16.0 Å². The number of carbonyl (C=O) groups is 2. The number of imide groups is 1. The van der Waals surface area contributed by atoms with E-state index in [1.54, 1.807) is 18.3 Å². The maximum absolute atomic E-state index is 12.4. The Morgan fingerprint density at radius 2 is 2.00 bits per heavy atom. The Hall–Kier alpha value is -1.43. The molecule has 0 saturated carbocycles. The van der Waals surface area contributed by atoms with Crippen LogP contribution in [0.25, 0.3) is 0 Å². The van der Waals surface area contributed by atoms with Crippen molar-refractivity contribution >= 4 is 53.2 Å². The average molecular weight is 536 g/mol. The van der Waals surface area contributed by atoms with E-state index in [9.17, 15) is 9.59 Å². The molecule has 0 spiro atoms. The van der Waals surface area contributed by atoms with E-state index in [-0.39, 0.29) is 35.9 Å². The summed E-state index contributed by atoms with van der Waals surface area (Å²) >= 11 is 1.73. The molecule has 1 atom stereocenters. The van der Waals surface area contributed by atoms with Gasteiger partial charge in [-0.05, 0) is 40.5 Å². The van der Waals surface area contributed by atoms with Gasteiger partial charge in [0.25, 0.3) is 5.91 Å². The highest BCUT2D eigenvalue weighted by atomic mass is 127. The first-order valence-electron chi connectivity index (χ1n) is 9.90. The standard InChI is InChI=1S/C19H32N6O2S.HI/c1-6-19(5)16(26)25(18(27)24-19)12-8-10-21-17(20-7-2)22-11-9-15-23-13(3)14(4)28-15;/h6-12H2,1-5H3,(H,24,27)(H2,20,21,22);1H. The van der Waals surface area contributed by atoms with Crippen LogP contribution in [-0.4, -0.2) is 59.5 Å². The van der Waals surface area contributed by atoms with Gasteiger partial charge in [0.05, 0.1) is 10.7 Å². The van der Waals surface area contributed by atoms with Crippen molar-refractivity contribution in [1.29, 1.82) is 0 Å². The molecule has 10 heteroatoms. The number of aromatic nitrogens is 1. The van der Waals surface area contributed by atoms with Gasteiger partial charge in [-0.25, -0.2) is 9.78 Å². The Labute approximate surface area is 194 Å². The number of nitrogens with zero attached hydrogens (tertiary/aromatic N) is 3. The monoisotopic (exact) mass is 536 g/mol. The molecule has 1 aliphatic heterocycles. The molecule has 1 fully saturated rings. The molecule has 3 amide bonds. The minimum Gasteiger partial charge on any atom is -0.357 e. The first kappa shape index (κ1) is 25.6. The predicted octanol–water partition coefficient (Wildman–Crippen LogP) is 2.59. The molecule has 1 aromatic rings. The Bertz CT molecular complexity index is 719. The lowest BCUT2D eigenvalue weighted by atomic mass is 9.99. The molecule has 3 N–H and O–H groups in total. The third-order valence-electron chi connectivity index (χ3n) is 4.91. The Morgan fingerprint density at radius 1 is 1.28 bits per heavy atom. The minimum absolute atomic E-state index is 0. The van der Waals surface area contributed by atoms with Crippen molar-refractivity contribution in [3.63, 3.8) is 0 Å². The summed E-state index contributed by atoms with van der Waals surface area (Å²) in [5, 5.41) is 10.4. The van der Waals surface area contributed by atoms with E-state index in [4.69, 9.17) is 0 Å². The zero-order valence-corrected chi connectivity index (χ0v) is 21.1. The van der Waals surface area contributed by atoms with E-state index in [0.29, 0.717) is 25.9 Å². The number of amides is 3. The highest BCUT2D eigenvalue weighted by Gasteiger charge is 2.45. The van der Waals surface area contributed by atoms with Gasteiger partial charge in [-0.1, -0.05) is 6.92 Å². The summed E-state index contributed by atoms with van der Waals surface area (Å²) < 4.78 is 0. The van der Waals surface area contributed by atoms with Crippen LogP contribution in [-0.2, 0) is 11.2 Å². The molecule has 1 unspecified atom stereocenters. The summed E-state index contributed by atoms with van der Waals surface area (Å²) in [6.07, 6.45) is 2.06. The molecule has 164 valence electrons. The average Bonchev–Trinajstić information content (AvgIpc) is 3.08. The maximum atomic E-state index is 12.4. The molecule has 8 nitrogen and oxygen atoms in total. The molecule has 1 saturated heterocycles. The molecule has 1 aliphatic rings. The normalized spacial score (nSPS) is 19.2. The number of hydrogen-bond acceptors (Lipinski definition) is 5. The van der Waals surface area contributed by atoms with E-state index >= 15 is 0 Å². The van der Waals surface area contributed by atoms with Crippen molar-refractivity contribution in [3.8, 4) is 0 Å². The van der Waals surface area contributed by atoms with E-state index in [1.807, 2.05) is 20.8 Å². The fourth-order valence-electron chi connectivity index (χ4n) is 2.89. The van der Waals surface area contributed by atoms with Gasteiger partial charge >= 0.3 is 6.03 Å². The fourth-order valence-corrected chi connectivity index (χ4v) is 3.82. The smallest absolute Gasteiger partial charge is 0.325 e. The SMILES string of the molecule is CCNC(=NCCCN1C(=O)NC(C)(CC)C1=O)NCCc1nc(C)c(C)s1.I. The quantitative estimate of drug-likeness (QED) is 0.148. The number of aryl methyl sites for hydroxylation is 2. The van der Waals surface area contributed by atoms with Gasteiger partial charge in [0, 0.05) is 37.5 Å². The fraction of sp³-hybridized carbons (Fsp3) is 0.684. The molecule has 0 aromatic carbocycles. The number of aliphatic imine (C=N–C) groups is 1. The van der Waals surface area contributed by atoms with E-state index in [0.717, 1.165) is 36.2 Å². The second kappa shape index (κ2) is 11.7. The first-order valence-corrected chi connectivity index (χ1v) is 10.7. The second-order valence-corrected chi connectivity index (χ2v) is 8.40. The van der Waals surface area contributed by atoms with Gasteiger partial charge in [0.1, 0.15) is 5.54 Å². The van der Waals surface area contributed by atoms with Crippen molar-refractivity contribution in [2.24, 2.45) is 4.99 Å². The zero-order valence-electron chi connectivity index (χ0n) is 17.9. The van der Waals surface area contributed by atoms with Crippen LogP contribution in [0.1, 0.15) is 49.2 Å². The number of carbonyl (C=O) groups excluding carboxylic acids is 2. The van der Waals surface area contributed by atoms with Gasteiger partial charge in [0.2, 0.25) is 0 Å². The number of rotatable bonds is 9. The summed E-state index contributed by atoms with van der Waals surface area (Å²) in [4.78, 5) is 36.0. The van der Waals surface area contributed by atoms with Gasteiger partial charge in [0.15, 0.2) is 5.96 Å². The Morgan fingerprint density at radius 3 is 2.55 bits per heavy atom.